The number of alkyl halides is 2. The van der Waals surface area contributed by atoms with Crippen molar-refractivity contribution in [3.05, 3.63) is 18.2 Å². The Morgan fingerprint density at radius 3 is 2.67 bits per heavy atom. The van der Waals surface area contributed by atoms with Crippen LogP contribution in [-0.4, -0.2) is 44.3 Å². The first-order chi connectivity index (χ1) is 9.73. The highest BCUT2D eigenvalue weighted by Gasteiger charge is 2.43. The molecule has 21 heavy (non-hydrogen) atoms. The van der Waals surface area contributed by atoms with Crippen LogP contribution in [0.4, 0.5) is 14.5 Å². The third kappa shape index (κ3) is 3.71. The average Bonchev–Trinajstić information content (AvgIpc) is 2.68. The summed E-state index contributed by atoms with van der Waals surface area (Å²) in [5, 5.41) is 8.68. The molecule has 2 N–H and O–H groups in total. The minimum Gasteiger partial charge on any atom is -0.396 e. The van der Waals surface area contributed by atoms with E-state index in [0.717, 1.165) is 10.4 Å². The van der Waals surface area contributed by atoms with Crippen molar-refractivity contribution in [1.82, 2.24) is 4.31 Å². The van der Waals surface area contributed by atoms with E-state index in [1.165, 1.54) is 19.2 Å². The maximum absolute atomic E-state index is 12.9. The number of ether oxygens (including phenoxy) is 2. The molecule has 0 fully saturated rings. The molecular weight excluding hydrogens is 310 g/mol. The Morgan fingerprint density at radius 2 is 2.00 bits per heavy atom. The first kappa shape index (κ1) is 15.7. The van der Waals surface area contributed by atoms with Gasteiger partial charge in [-0.1, -0.05) is 0 Å². The normalized spacial score (nSPS) is 16.2. The number of hydrogen-bond donors (Lipinski definition) is 2. The molecule has 1 aliphatic heterocycles. The van der Waals surface area contributed by atoms with Gasteiger partial charge in [0.1, 0.15) is 0 Å². The van der Waals surface area contributed by atoms with E-state index in [0.29, 0.717) is 0 Å². The number of nitrogens with zero attached hydrogens (tertiary/aromatic N) is 1. The van der Waals surface area contributed by atoms with Crippen LogP contribution in [0.3, 0.4) is 0 Å². The molecule has 0 saturated heterocycles. The summed E-state index contributed by atoms with van der Waals surface area (Å²) >= 11 is 0. The topological polar surface area (TPSA) is 88.1 Å². The number of aliphatic hydroxyl groups excluding tert-OH is 1. The Balaban J connectivity index is 2.11. The highest BCUT2D eigenvalue weighted by atomic mass is 32.2. The zero-order valence-corrected chi connectivity index (χ0v) is 11.9. The number of benzene rings is 1. The largest absolute Gasteiger partial charge is 0.586 e. The summed E-state index contributed by atoms with van der Waals surface area (Å²) in [6.07, 6.45) is -3.47. The Morgan fingerprint density at radius 1 is 1.33 bits per heavy atom. The molecule has 0 atom stereocenters. The smallest absolute Gasteiger partial charge is 0.396 e. The van der Waals surface area contributed by atoms with Gasteiger partial charge in [-0.2, -0.15) is 12.7 Å². The van der Waals surface area contributed by atoms with Crippen molar-refractivity contribution in [1.29, 1.82) is 0 Å². The van der Waals surface area contributed by atoms with E-state index < -0.39 is 16.5 Å². The fourth-order valence-corrected chi connectivity index (χ4v) is 2.60. The molecule has 1 aromatic carbocycles. The molecule has 1 aromatic rings. The van der Waals surface area contributed by atoms with Gasteiger partial charge in [-0.15, -0.1) is 8.78 Å². The quantitative estimate of drug-likeness (QED) is 0.814. The van der Waals surface area contributed by atoms with Gasteiger partial charge in [0.2, 0.25) is 0 Å². The van der Waals surface area contributed by atoms with Crippen LogP contribution in [0.5, 0.6) is 11.5 Å². The Bertz CT molecular complexity index is 623. The molecule has 10 heteroatoms. The molecule has 0 aliphatic carbocycles. The van der Waals surface area contributed by atoms with Crippen LogP contribution in [0.25, 0.3) is 0 Å². The van der Waals surface area contributed by atoms with Crippen molar-refractivity contribution in [2.75, 3.05) is 24.9 Å². The lowest BCUT2D eigenvalue weighted by atomic mass is 10.3. The molecule has 0 aromatic heterocycles. The van der Waals surface area contributed by atoms with Crippen LogP contribution in [-0.2, 0) is 10.2 Å². The third-order valence-corrected chi connectivity index (χ3v) is 4.19. The van der Waals surface area contributed by atoms with Gasteiger partial charge in [-0.25, -0.2) is 0 Å². The van der Waals surface area contributed by atoms with Crippen molar-refractivity contribution in [3.63, 3.8) is 0 Å². The van der Waals surface area contributed by atoms with E-state index in [2.05, 4.69) is 14.2 Å². The van der Waals surface area contributed by atoms with E-state index in [4.69, 9.17) is 5.11 Å². The highest BCUT2D eigenvalue weighted by molar-refractivity contribution is 7.90. The number of rotatable bonds is 6. The predicted octanol–water partition coefficient (Wildman–Crippen LogP) is 0.979. The van der Waals surface area contributed by atoms with E-state index in [-0.39, 0.29) is 36.8 Å². The van der Waals surface area contributed by atoms with E-state index in [9.17, 15) is 17.2 Å². The summed E-state index contributed by atoms with van der Waals surface area (Å²) in [4.78, 5) is 0. The van der Waals surface area contributed by atoms with Crippen molar-refractivity contribution >= 4 is 15.9 Å². The molecule has 0 unspecified atom stereocenters. The number of aliphatic hydroxyl groups is 1. The van der Waals surface area contributed by atoms with Crippen LogP contribution in [0.1, 0.15) is 6.42 Å². The van der Waals surface area contributed by atoms with Crippen molar-refractivity contribution in [2.24, 2.45) is 0 Å². The standard InChI is InChI=1S/C11H14F2N2O5S/c1-15(5-2-6-16)21(17,18)14-8-3-4-9-10(7-8)20-11(12,13)19-9/h3-4,7,14,16H,2,5-6H2,1H3. The summed E-state index contributed by atoms with van der Waals surface area (Å²) in [6, 6.07) is 3.57. The maximum Gasteiger partial charge on any atom is 0.586 e. The van der Waals surface area contributed by atoms with Gasteiger partial charge in [-0.05, 0) is 18.6 Å². The molecule has 118 valence electrons. The monoisotopic (exact) mass is 324 g/mol. The second kappa shape index (κ2) is 5.62. The molecule has 0 radical (unpaired) electrons. The highest BCUT2D eigenvalue weighted by Crippen LogP contribution is 2.42. The summed E-state index contributed by atoms with van der Waals surface area (Å²) in [6.45, 7) is -0.0204. The Labute approximate surface area is 120 Å². The van der Waals surface area contributed by atoms with Crippen LogP contribution in [0.2, 0.25) is 0 Å². The average molecular weight is 324 g/mol. The molecular formula is C11H14F2N2O5S. The maximum atomic E-state index is 12.9. The molecule has 0 bridgehead atoms. The summed E-state index contributed by atoms with van der Waals surface area (Å²) in [5.41, 5.74) is 0.0610. The number of nitrogens with one attached hydrogen (secondary N) is 1. The van der Waals surface area contributed by atoms with Crippen molar-refractivity contribution < 1.29 is 31.8 Å². The number of halogens is 2. The fourth-order valence-electron chi connectivity index (χ4n) is 1.65. The molecule has 7 nitrogen and oxygen atoms in total. The summed E-state index contributed by atoms with van der Waals surface area (Å²) in [7, 11) is -2.51. The molecule has 0 spiro atoms. The van der Waals surface area contributed by atoms with Gasteiger partial charge >= 0.3 is 16.5 Å². The van der Waals surface area contributed by atoms with Gasteiger partial charge in [0.05, 0.1) is 5.69 Å². The van der Waals surface area contributed by atoms with Crippen LogP contribution >= 0.6 is 0 Å². The second-order valence-corrected chi connectivity index (χ2v) is 6.11. The van der Waals surface area contributed by atoms with Gasteiger partial charge in [-0.3, -0.25) is 4.72 Å². The predicted molar refractivity (Wildman–Crippen MR) is 69.5 cm³/mol. The molecule has 1 aliphatic rings. The van der Waals surface area contributed by atoms with Crippen LogP contribution in [0, 0.1) is 0 Å². The lowest BCUT2D eigenvalue weighted by molar-refractivity contribution is -0.286. The number of anilines is 1. The molecule has 1 heterocycles. The van der Waals surface area contributed by atoms with Crippen LogP contribution in [0.15, 0.2) is 18.2 Å². The van der Waals surface area contributed by atoms with Gasteiger partial charge in [0.15, 0.2) is 11.5 Å². The zero-order valence-electron chi connectivity index (χ0n) is 11.0. The minimum atomic E-state index is -3.84. The third-order valence-electron chi connectivity index (χ3n) is 2.69. The minimum absolute atomic E-state index is 0.0610. The first-order valence-corrected chi connectivity index (χ1v) is 7.42. The second-order valence-electron chi connectivity index (χ2n) is 4.33. The van der Waals surface area contributed by atoms with E-state index in [1.807, 2.05) is 0 Å². The Kier molecular flexibility index (Phi) is 4.21. The lowest BCUT2D eigenvalue weighted by Gasteiger charge is -2.17. The Hall–Kier alpha value is -1.65. The van der Waals surface area contributed by atoms with E-state index in [1.54, 1.807) is 0 Å². The lowest BCUT2D eigenvalue weighted by Crippen LogP contribution is -2.33. The van der Waals surface area contributed by atoms with Crippen LogP contribution < -0.4 is 14.2 Å². The number of hydrogen-bond acceptors (Lipinski definition) is 5. The van der Waals surface area contributed by atoms with E-state index >= 15 is 0 Å². The SMILES string of the molecule is CN(CCCO)S(=O)(=O)Nc1ccc2c(c1)OC(F)(F)O2. The van der Waals surface area contributed by atoms with Gasteiger partial charge in [0, 0.05) is 26.3 Å². The molecule has 0 saturated carbocycles. The van der Waals surface area contributed by atoms with Gasteiger partial charge in [0.25, 0.3) is 0 Å². The molecule has 0 amide bonds. The van der Waals surface area contributed by atoms with Crippen molar-refractivity contribution in [3.8, 4) is 11.5 Å². The van der Waals surface area contributed by atoms with Crippen molar-refractivity contribution in [2.45, 2.75) is 12.7 Å². The van der Waals surface area contributed by atoms with Gasteiger partial charge < -0.3 is 14.6 Å². The molecule has 2 rings (SSSR count). The first-order valence-electron chi connectivity index (χ1n) is 5.98. The summed E-state index contributed by atoms with van der Waals surface area (Å²) in [5.74, 6) is -0.421. The number of fused-ring (bicyclic) bond motifs is 1. The summed E-state index contributed by atoms with van der Waals surface area (Å²) < 4.78 is 61.3. The zero-order chi connectivity index (χ0) is 15.7. The fraction of sp³-hybridized carbons (Fsp3) is 0.455.